The van der Waals surface area contributed by atoms with Crippen LogP contribution in [0.5, 0.6) is 0 Å². The number of nitrogens with zero attached hydrogens (tertiary/aromatic N) is 4. The summed E-state index contributed by atoms with van der Waals surface area (Å²) in [7, 11) is 0. The lowest BCUT2D eigenvalue weighted by Gasteiger charge is -2.25. The minimum atomic E-state index is -0.127. The van der Waals surface area contributed by atoms with Gasteiger partial charge in [0.15, 0.2) is 5.13 Å². The second-order valence-corrected chi connectivity index (χ2v) is 9.66. The van der Waals surface area contributed by atoms with Crippen LogP contribution < -0.4 is 5.32 Å². The van der Waals surface area contributed by atoms with Gasteiger partial charge in [-0.25, -0.2) is 4.98 Å². The third-order valence-corrected chi connectivity index (χ3v) is 6.90. The Balaban J connectivity index is 1.24. The van der Waals surface area contributed by atoms with Crippen LogP contribution in [0, 0.1) is 13.8 Å². The fraction of sp³-hybridized carbons (Fsp3) is 0.269. The Morgan fingerprint density at radius 2 is 1.85 bits per heavy atom. The van der Waals surface area contributed by atoms with Gasteiger partial charge in [0, 0.05) is 42.2 Å². The number of fused-ring (bicyclic) bond motifs is 1. The molecule has 0 radical (unpaired) electrons. The Morgan fingerprint density at radius 3 is 2.64 bits per heavy atom. The van der Waals surface area contributed by atoms with Crippen LogP contribution in [0.1, 0.15) is 43.4 Å². The molecule has 2 aromatic heterocycles. The van der Waals surface area contributed by atoms with Gasteiger partial charge in [-0.15, -0.1) is 11.3 Å². The van der Waals surface area contributed by atoms with Crippen molar-refractivity contribution in [2.45, 2.75) is 39.9 Å². The van der Waals surface area contributed by atoms with Crippen molar-refractivity contribution in [1.82, 2.24) is 19.7 Å². The van der Waals surface area contributed by atoms with E-state index in [0.717, 1.165) is 48.7 Å². The SMILES string of the molecule is Cc1cc(C)n(Cc2cccc(C(=O)Nc3nc4c(s3)CN(Cc3ccccc3)CC4)c2)n1. The van der Waals surface area contributed by atoms with E-state index in [0.29, 0.717) is 17.2 Å². The molecule has 6 nitrogen and oxygen atoms in total. The maximum Gasteiger partial charge on any atom is 0.257 e. The molecule has 3 heterocycles. The Morgan fingerprint density at radius 1 is 1.03 bits per heavy atom. The normalized spacial score (nSPS) is 13.6. The molecular weight excluding hydrogens is 430 g/mol. The highest BCUT2D eigenvalue weighted by atomic mass is 32.1. The molecule has 33 heavy (non-hydrogen) atoms. The van der Waals surface area contributed by atoms with E-state index < -0.39 is 0 Å². The van der Waals surface area contributed by atoms with E-state index in [2.05, 4.69) is 45.6 Å². The maximum atomic E-state index is 12.9. The first-order valence-electron chi connectivity index (χ1n) is 11.2. The van der Waals surface area contributed by atoms with Gasteiger partial charge in [-0.2, -0.15) is 5.10 Å². The van der Waals surface area contributed by atoms with E-state index in [-0.39, 0.29) is 5.91 Å². The summed E-state index contributed by atoms with van der Waals surface area (Å²) in [5.74, 6) is -0.127. The predicted octanol–water partition coefficient (Wildman–Crippen LogP) is 4.82. The lowest BCUT2D eigenvalue weighted by molar-refractivity contribution is 0.102. The molecule has 1 aliphatic heterocycles. The number of hydrogen-bond acceptors (Lipinski definition) is 5. The summed E-state index contributed by atoms with van der Waals surface area (Å²) < 4.78 is 1.96. The molecule has 0 unspecified atom stereocenters. The van der Waals surface area contributed by atoms with Gasteiger partial charge in [-0.3, -0.25) is 19.7 Å². The van der Waals surface area contributed by atoms with Gasteiger partial charge < -0.3 is 0 Å². The van der Waals surface area contributed by atoms with Crippen LogP contribution in [-0.2, 0) is 26.1 Å². The first kappa shape index (κ1) is 21.6. The van der Waals surface area contributed by atoms with Crippen LogP contribution in [0.3, 0.4) is 0 Å². The van der Waals surface area contributed by atoms with Gasteiger partial charge in [0.2, 0.25) is 0 Å². The Hall–Kier alpha value is -3.29. The first-order chi connectivity index (χ1) is 16.0. The molecule has 0 fully saturated rings. The fourth-order valence-electron chi connectivity index (χ4n) is 4.27. The lowest BCUT2D eigenvalue weighted by atomic mass is 10.1. The predicted molar refractivity (Wildman–Crippen MR) is 132 cm³/mol. The lowest BCUT2D eigenvalue weighted by Crippen LogP contribution is -2.29. The molecule has 0 saturated heterocycles. The van der Waals surface area contributed by atoms with Gasteiger partial charge in [0.25, 0.3) is 5.91 Å². The van der Waals surface area contributed by atoms with E-state index in [4.69, 9.17) is 4.98 Å². The van der Waals surface area contributed by atoms with E-state index in [1.165, 1.54) is 10.4 Å². The molecule has 0 saturated carbocycles. The molecule has 4 aromatic rings. The molecule has 2 aromatic carbocycles. The molecule has 0 spiro atoms. The molecule has 0 aliphatic carbocycles. The van der Waals surface area contributed by atoms with Gasteiger partial charge in [0.05, 0.1) is 17.9 Å². The number of carbonyl (C=O) groups excluding carboxylic acids is 1. The molecule has 7 heteroatoms. The van der Waals surface area contributed by atoms with Crippen molar-refractivity contribution < 1.29 is 4.79 Å². The van der Waals surface area contributed by atoms with Crippen molar-refractivity contribution in [2.24, 2.45) is 0 Å². The number of amides is 1. The maximum absolute atomic E-state index is 12.9. The zero-order chi connectivity index (χ0) is 22.8. The van der Waals surface area contributed by atoms with Gasteiger partial charge in [-0.05, 0) is 43.2 Å². The summed E-state index contributed by atoms with van der Waals surface area (Å²) in [6, 6.07) is 20.3. The fourth-order valence-corrected chi connectivity index (χ4v) is 5.31. The van der Waals surface area contributed by atoms with Crippen molar-refractivity contribution >= 4 is 22.4 Å². The summed E-state index contributed by atoms with van der Waals surface area (Å²) in [6.07, 6.45) is 0.909. The zero-order valence-corrected chi connectivity index (χ0v) is 19.7. The van der Waals surface area contributed by atoms with Crippen LogP contribution in [0.2, 0.25) is 0 Å². The Kier molecular flexibility index (Phi) is 6.07. The van der Waals surface area contributed by atoms with Crippen LogP contribution in [0.15, 0.2) is 60.7 Å². The number of aromatic nitrogens is 3. The quantitative estimate of drug-likeness (QED) is 0.451. The number of aryl methyl sites for hydroxylation is 2. The summed E-state index contributed by atoms with van der Waals surface area (Å²) >= 11 is 1.59. The summed E-state index contributed by atoms with van der Waals surface area (Å²) in [5.41, 5.74) is 6.21. The highest BCUT2D eigenvalue weighted by Gasteiger charge is 2.21. The average molecular weight is 458 g/mol. The summed E-state index contributed by atoms with van der Waals surface area (Å²) in [4.78, 5) is 21.3. The molecular formula is C26H27N5OS. The molecule has 1 aliphatic rings. The summed E-state index contributed by atoms with van der Waals surface area (Å²) in [6.45, 7) is 7.46. The smallest absolute Gasteiger partial charge is 0.257 e. The van der Waals surface area contributed by atoms with Crippen molar-refractivity contribution in [3.63, 3.8) is 0 Å². The zero-order valence-electron chi connectivity index (χ0n) is 18.9. The van der Waals surface area contributed by atoms with Gasteiger partial charge >= 0.3 is 0 Å². The second kappa shape index (κ2) is 9.29. The second-order valence-electron chi connectivity index (χ2n) is 8.57. The van der Waals surface area contributed by atoms with Gasteiger partial charge in [0.1, 0.15) is 0 Å². The van der Waals surface area contributed by atoms with E-state index in [1.54, 1.807) is 11.3 Å². The largest absolute Gasteiger partial charge is 0.298 e. The Bertz CT molecular complexity index is 1280. The minimum Gasteiger partial charge on any atom is -0.298 e. The molecule has 0 bridgehead atoms. The molecule has 1 amide bonds. The monoisotopic (exact) mass is 457 g/mol. The molecule has 1 N–H and O–H groups in total. The first-order valence-corrected chi connectivity index (χ1v) is 12.0. The topological polar surface area (TPSA) is 63.1 Å². The number of anilines is 1. The van der Waals surface area contributed by atoms with E-state index in [9.17, 15) is 4.79 Å². The number of carbonyl (C=O) groups is 1. The number of benzene rings is 2. The highest BCUT2D eigenvalue weighted by molar-refractivity contribution is 7.15. The molecule has 168 valence electrons. The third-order valence-electron chi connectivity index (χ3n) is 5.90. The third kappa shape index (κ3) is 5.05. The number of thiazole rings is 1. The standard InChI is InChI=1S/C26H27N5OS/c1-18-13-19(2)31(29-18)16-21-9-6-10-22(14-21)25(32)28-26-27-23-11-12-30(17-24(23)33-26)15-20-7-4-3-5-8-20/h3-10,13-14H,11-12,15-17H2,1-2H3,(H,27,28,32). The van der Waals surface area contributed by atoms with Crippen molar-refractivity contribution in [3.05, 3.63) is 99.3 Å². The highest BCUT2D eigenvalue weighted by Crippen LogP contribution is 2.29. The van der Waals surface area contributed by atoms with Crippen LogP contribution in [0.25, 0.3) is 0 Å². The number of rotatable bonds is 6. The van der Waals surface area contributed by atoms with Crippen LogP contribution >= 0.6 is 11.3 Å². The van der Waals surface area contributed by atoms with Gasteiger partial charge in [-0.1, -0.05) is 42.5 Å². The molecule has 5 rings (SSSR count). The van der Waals surface area contributed by atoms with Crippen molar-refractivity contribution in [3.8, 4) is 0 Å². The van der Waals surface area contributed by atoms with Crippen LogP contribution in [0.4, 0.5) is 5.13 Å². The van der Waals surface area contributed by atoms with Crippen molar-refractivity contribution in [2.75, 3.05) is 11.9 Å². The average Bonchev–Trinajstić information content (AvgIpc) is 3.35. The van der Waals surface area contributed by atoms with Crippen molar-refractivity contribution in [1.29, 1.82) is 0 Å². The van der Waals surface area contributed by atoms with Crippen LogP contribution in [-0.4, -0.2) is 32.1 Å². The number of hydrogen-bond donors (Lipinski definition) is 1. The summed E-state index contributed by atoms with van der Waals surface area (Å²) in [5, 5.41) is 8.21. The van der Waals surface area contributed by atoms with E-state index in [1.807, 2.05) is 48.9 Å². The molecule has 0 atom stereocenters. The van der Waals surface area contributed by atoms with E-state index >= 15 is 0 Å². The number of nitrogens with one attached hydrogen (secondary N) is 1. The minimum absolute atomic E-state index is 0.127. The Labute approximate surface area is 197 Å².